The number of halogens is 1. The van der Waals surface area contributed by atoms with E-state index in [0.29, 0.717) is 18.7 Å². The minimum absolute atomic E-state index is 0.165. The van der Waals surface area contributed by atoms with Crippen molar-refractivity contribution in [3.05, 3.63) is 53.4 Å². The molecule has 2 N–H and O–H groups in total. The van der Waals surface area contributed by atoms with Gasteiger partial charge < -0.3 is 15.2 Å². The monoisotopic (exact) mass is 302 g/mol. The van der Waals surface area contributed by atoms with Crippen LogP contribution in [0, 0.1) is 5.82 Å². The lowest BCUT2D eigenvalue weighted by atomic mass is 10.0. The zero-order valence-corrected chi connectivity index (χ0v) is 12.5. The molecule has 1 saturated heterocycles. The van der Waals surface area contributed by atoms with E-state index in [9.17, 15) is 9.18 Å². The van der Waals surface area contributed by atoms with Gasteiger partial charge >= 0.3 is 6.03 Å². The van der Waals surface area contributed by atoms with Gasteiger partial charge in [0.1, 0.15) is 11.6 Å². The van der Waals surface area contributed by atoms with Gasteiger partial charge in [-0.3, -0.25) is 0 Å². The molecule has 5 nitrogen and oxygen atoms in total. The number of benzene rings is 1. The van der Waals surface area contributed by atoms with Gasteiger partial charge in [0.15, 0.2) is 0 Å². The number of H-pyrrole nitrogens is 1. The minimum Gasteiger partial charge on any atom is -0.348 e. The smallest absolute Gasteiger partial charge is 0.317 e. The number of carbonyl (C=O) groups is 1. The van der Waals surface area contributed by atoms with E-state index in [1.807, 2.05) is 13.0 Å². The third-order valence-electron chi connectivity index (χ3n) is 4.03. The zero-order chi connectivity index (χ0) is 15.5. The Morgan fingerprint density at radius 1 is 1.50 bits per heavy atom. The third kappa shape index (κ3) is 2.95. The van der Waals surface area contributed by atoms with Crippen LogP contribution in [0.1, 0.15) is 29.8 Å². The van der Waals surface area contributed by atoms with Gasteiger partial charge in [0.05, 0.1) is 5.92 Å². The molecule has 1 fully saturated rings. The Balaban J connectivity index is 1.49. The molecule has 22 heavy (non-hydrogen) atoms. The van der Waals surface area contributed by atoms with E-state index in [0.717, 1.165) is 17.8 Å². The fraction of sp³-hybridized carbons (Fsp3) is 0.375. The molecular weight excluding hydrogens is 283 g/mol. The van der Waals surface area contributed by atoms with Crippen LogP contribution in [0.2, 0.25) is 0 Å². The van der Waals surface area contributed by atoms with E-state index in [-0.39, 0.29) is 24.3 Å². The number of nitrogens with zero attached hydrogens (tertiary/aromatic N) is 2. The van der Waals surface area contributed by atoms with Crippen molar-refractivity contribution >= 4 is 6.03 Å². The molecule has 1 aliphatic heterocycles. The maximum atomic E-state index is 13.9. The highest BCUT2D eigenvalue weighted by atomic mass is 19.1. The van der Waals surface area contributed by atoms with Crippen LogP contribution < -0.4 is 5.32 Å². The highest BCUT2D eigenvalue weighted by Crippen LogP contribution is 2.24. The molecule has 1 aliphatic rings. The number of likely N-dealkylation sites (tertiary alicyclic amines) is 1. The van der Waals surface area contributed by atoms with Gasteiger partial charge in [-0.2, -0.15) is 0 Å². The molecule has 1 aromatic carbocycles. The molecule has 0 saturated carbocycles. The second-order valence-electron chi connectivity index (χ2n) is 5.51. The molecule has 2 amide bonds. The maximum Gasteiger partial charge on any atom is 0.317 e. The molecule has 2 heterocycles. The molecule has 0 radical (unpaired) electrons. The summed E-state index contributed by atoms with van der Waals surface area (Å²) in [7, 11) is 0. The number of imidazole rings is 1. The Morgan fingerprint density at radius 3 is 2.95 bits per heavy atom. The summed E-state index contributed by atoms with van der Waals surface area (Å²) in [5.41, 5.74) is 1.46. The summed E-state index contributed by atoms with van der Waals surface area (Å²) in [5.74, 6) is 0.906. The van der Waals surface area contributed by atoms with Gasteiger partial charge in [0.25, 0.3) is 0 Å². The average molecular weight is 302 g/mol. The maximum absolute atomic E-state index is 13.9. The van der Waals surface area contributed by atoms with Crippen molar-refractivity contribution in [2.75, 3.05) is 13.1 Å². The SMILES string of the molecule is CCc1ccc(CNC(=O)N2CC(c3ncc[nH]3)C2)c(F)c1. The molecule has 1 aromatic heterocycles. The fourth-order valence-corrected chi connectivity index (χ4v) is 2.55. The van der Waals surface area contributed by atoms with Crippen molar-refractivity contribution in [3.63, 3.8) is 0 Å². The van der Waals surface area contributed by atoms with Crippen LogP contribution >= 0.6 is 0 Å². The van der Waals surface area contributed by atoms with Gasteiger partial charge in [0, 0.05) is 37.6 Å². The summed E-state index contributed by atoms with van der Waals surface area (Å²) in [6.07, 6.45) is 4.28. The molecule has 0 unspecified atom stereocenters. The molecule has 2 aromatic rings. The Bertz CT molecular complexity index is 650. The molecule has 3 rings (SSSR count). The van der Waals surface area contributed by atoms with Crippen molar-refractivity contribution in [3.8, 4) is 0 Å². The summed E-state index contributed by atoms with van der Waals surface area (Å²) in [6, 6.07) is 4.98. The van der Waals surface area contributed by atoms with Gasteiger partial charge in [0.2, 0.25) is 0 Å². The predicted molar refractivity (Wildman–Crippen MR) is 80.9 cm³/mol. The number of aromatic amines is 1. The number of urea groups is 1. The summed E-state index contributed by atoms with van der Waals surface area (Å²) in [6.45, 7) is 3.46. The highest BCUT2D eigenvalue weighted by molar-refractivity contribution is 5.75. The Kier molecular flexibility index (Phi) is 4.09. The standard InChI is InChI=1S/C16H19FN4O/c1-2-11-3-4-12(14(17)7-11)8-20-16(22)21-9-13(10-21)15-18-5-6-19-15/h3-7,13H,2,8-10H2,1H3,(H,18,19)(H,20,22). The molecule has 0 spiro atoms. The number of rotatable bonds is 4. The first-order valence-corrected chi connectivity index (χ1v) is 7.46. The van der Waals surface area contributed by atoms with Crippen LogP contribution in [0.15, 0.2) is 30.6 Å². The molecule has 0 bridgehead atoms. The minimum atomic E-state index is -0.267. The lowest BCUT2D eigenvalue weighted by Gasteiger charge is -2.38. The number of nitrogens with one attached hydrogen (secondary N) is 2. The van der Waals surface area contributed by atoms with Crippen LogP contribution in [0.4, 0.5) is 9.18 Å². The normalized spacial score (nSPS) is 14.7. The Labute approximate surface area is 128 Å². The van der Waals surface area contributed by atoms with E-state index in [2.05, 4.69) is 15.3 Å². The zero-order valence-electron chi connectivity index (χ0n) is 12.5. The van der Waals surface area contributed by atoms with Crippen LogP contribution in [0.25, 0.3) is 0 Å². The predicted octanol–water partition coefficient (Wildman–Crippen LogP) is 2.42. The van der Waals surface area contributed by atoms with Gasteiger partial charge in [-0.1, -0.05) is 19.1 Å². The van der Waals surface area contributed by atoms with E-state index < -0.39 is 0 Å². The number of hydrogen-bond acceptors (Lipinski definition) is 2. The van der Waals surface area contributed by atoms with Gasteiger partial charge in [-0.05, 0) is 18.1 Å². The first-order valence-electron chi connectivity index (χ1n) is 7.46. The summed E-state index contributed by atoms with van der Waals surface area (Å²) >= 11 is 0. The van der Waals surface area contributed by atoms with Crippen molar-refractivity contribution in [2.45, 2.75) is 25.8 Å². The Hall–Kier alpha value is -2.37. The number of amides is 2. The fourth-order valence-electron chi connectivity index (χ4n) is 2.55. The second kappa shape index (κ2) is 6.17. The highest BCUT2D eigenvalue weighted by Gasteiger charge is 2.33. The number of carbonyl (C=O) groups excluding carboxylic acids is 1. The van der Waals surface area contributed by atoms with Gasteiger partial charge in [-0.25, -0.2) is 14.2 Å². The van der Waals surface area contributed by atoms with Crippen LogP contribution in [0.5, 0.6) is 0 Å². The number of aromatic nitrogens is 2. The quantitative estimate of drug-likeness (QED) is 0.911. The number of aryl methyl sites for hydroxylation is 1. The average Bonchev–Trinajstić information content (AvgIpc) is 2.98. The summed E-state index contributed by atoms with van der Waals surface area (Å²) in [5, 5.41) is 2.76. The van der Waals surface area contributed by atoms with Crippen molar-refractivity contribution < 1.29 is 9.18 Å². The van der Waals surface area contributed by atoms with E-state index in [1.165, 1.54) is 6.07 Å². The molecule has 0 atom stereocenters. The van der Waals surface area contributed by atoms with Crippen molar-refractivity contribution in [2.24, 2.45) is 0 Å². The first kappa shape index (κ1) is 14.6. The molecular formula is C16H19FN4O. The molecule has 116 valence electrons. The molecule has 0 aliphatic carbocycles. The van der Waals surface area contributed by atoms with Crippen LogP contribution in [-0.2, 0) is 13.0 Å². The lowest BCUT2D eigenvalue weighted by Crippen LogP contribution is -2.52. The first-order chi connectivity index (χ1) is 10.7. The van der Waals surface area contributed by atoms with E-state index in [1.54, 1.807) is 23.4 Å². The summed E-state index contributed by atoms with van der Waals surface area (Å²) < 4.78 is 13.9. The number of hydrogen-bond donors (Lipinski definition) is 2. The third-order valence-corrected chi connectivity index (χ3v) is 4.03. The van der Waals surface area contributed by atoms with E-state index >= 15 is 0 Å². The topological polar surface area (TPSA) is 61.0 Å². The second-order valence-corrected chi connectivity index (χ2v) is 5.51. The summed E-state index contributed by atoms with van der Waals surface area (Å²) in [4.78, 5) is 21.0. The lowest BCUT2D eigenvalue weighted by molar-refractivity contribution is 0.148. The van der Waals surface area contributed by atoms with E-state index in [4.69, 9.17) is 0 Å². The Morgan fingerprint density at radius 2 is 2.32 bits per heavy atom. The van der Waals surface area contributed by atoms with Crippen molar-refractivity contribution in [1.29, 1.82) is 0 Å². The molecule has 6 heteroatoms. The van der Waals surface area contributed by atoms with Gasteiger partial charge in [-0.15, -0.1) is 0 Å². The van der Waals surface area contributed by atoms with Crippen LogP contribution in [-0.4, -0.2) is 34.0 Å². The van der Waals surface area contributed by atoms with Crippen LogP contribution in [0.3, 0.4) is 0 Å². The van der Waals surface area contributed by atoms with Crippen molar-refractivity contribution in [1.82, 2.24) is 20.2 Å². The largest absolute Gasteiger partial charge is 0.348 e.